The number of rotatable bonds is 3. The van der Waals surface area contributed by atoms with Gasteiger partial charge in [-0.25, -0.2) is 0 Å². The predicted octanol–water partition coefficient (Wildman–Crippen LogP) is 2.66. The minimum absolute atomic E-state index is 0.906. The zero-order valence-corrected chi connectivity index (χ0v) is 6.49. The molecule has 51 valence electrons. The molecule has 0 saturated heterocycles. The molecule has 1 rings (SSSR count). The van der Waals surface area contributed by atoms with Gasteiger partial charge in [0.05, 0.1) is 0 Å². The topological polar surface area (TPSA) is 0 Å². The number of hydrogen-bond acceptors (Lipinski definition) is 1. The van der Waals surface area contributed by atoms with E-state index in [2.05, 4.69) is 13.0 Å². The Morgan fingerprint density at radius 1 is 1.78 bits per heavy atom. The highest BCUT2D eigenvalue weighted by molar-refractivity contribution is 8.00. The molecule has 0 amide bonds. The van der Waals surface area contributed by atoms with Crippen molar-refractivity contribution < 1.29 is 0 Å². The van der Waals surface area contributed by atoms with E-state index in [4.69, 9.17) is 0 Å². The Morgan fingerprint density at radius 3 is 3.22 bits per heavy atom. The number of hydrogen-bond donors (Lipinski definition) is 0. The minimum atomic E-state index is 0.906. The highest BCUT2D eigenvalue weighted by atomic mass is 32.2. The van der Waals surface area contributed by atoms with Crippen LogP contribution in [0.3, 0.4) is 0 Å². The molecule has 0 nitrogen and oxygen atoms in total. The molecule has 1 aliphatic rings. The van der Waals surface area contributed by atoms with Gasteiger partial charge in [-0.3, -0.25) is 0 Å². The molecule has 1 saturated carbocycles. The first kappa shape index (κ1) is 7.20. The summed E-state index contributed by atoms with van der Waals surface area (Å²) in [5.74, 6) is 1.12. The van der Waals surface area contributed by atoms with Gasteiger partial charge in [-0.15, -0.1) is 6.58 Å². The second-order valence-corrected chi connectivity index (χ2v) is 3.68. The van der Waals surface area contributed by atoms with Gasteiger partial charge in [0.2, 0.25) is 0 Å². The molecule has 0 aromatic rings. The quantitative estimate of drug-likeness (QED) is 0.544. The highest BCUT2D eigenvalue weighted by Gasteiger charge is 2.13. The molecule has 1 fully saturated rings. The van der Waals surface area contributed by atoms with Gasteiger partial charge in [-0.05, 0) is 25.7 Å². The number of thioether (sulfide) groups is 1. The van der Waals surface area contributed by atoms with Crippen molar-refractivity contribution in [3.05, 3.63) is 19.1 Å². The van der Waals surface area contributed by atoms with Crippen molar-refractivity contribution in [2.75, 3.05) is 5.75 Å². The average Bonchev–Trinajstić information content (AvgIpc) is 2.34. The van der Waals surface area contributed by atoms with E-state index in [1.165, 1.54) is 19.3 Å². The van der Waals surface area contributed by atoms with Crippen LogP contribution in [0.4, 0.5) is 0 Å². The van der Waals surface area contributed by atoms with Crippen LogP contribution in [-0.4, -0.2) is 11.0 Å². The van der Waals surface area contributed by atoms with Gasteiger partial charge in [-0.2, -0.15) is 11.8 Å². The van der Waals surface area contributed by atoms with Gasteiger partial charge in [0, 0.05) is 11.0 Å². The van der Waals surface area contributed by atoms with Gasteiger partial charge >= 0.3 is 0 Å². The van der Waals surface area contributed by atoms with Crippen molar-refractivity contribution >= 4 is 11.8 Å². The summed E-state index contributed by atoms with van der Waals surface area (Å²) in [6.45, 7) is 3.69. The van der Waals surface area contributed by atoms with Crippen LogP contribution in [0.5, 0.6) is 0 Å². The monoisotopic (exact) mass is 141 g/mol. The fourth-order valence-electron chi connectivity index (χ4n) is 1.08. The van der Waals surface area contributed by atoms with Crippen molar-refractivity contribution in [2.45, 2.75) is 24.5 Å². The molecule has 0 aliphatic heterocycles. The van der Waals surface area contributed by atoms with Gasteiger partial charge in [0.15, 0.2) is 0 Å². The summed E-state index contributed by atoms with van der Waals surface area (Å²) >= 11 is 2.03. The van der Waals surface area contributed by atoms with Crippen molar-refractivity contribution in [2.24, 2.45) is 0 Å². The first-order valence-electron chi connectivity index (χ1n) is 3.47. The van der Waals surface area contributed by atoms with Crippen molar-refractivity contribution in [1.29, 1.82) is 0 Å². The van der Waals surface area contributed by atoms with Crippen molar-refractivity contribution in [3.8, 4) is 0 Å². The lowest BCUT2D eigenvalue weighted by atomic mass is 10.4. The fraction of sp³-hybridized carbons (Fsp3) is 0.625. The average molecular weight is 141 g/mol. The first-order chi connectivity index (χ1) is 4.43. The van der Waals surface area contributed by atoms with Gasteiger partial charge in [-0.1, -0.05) is 6.08 Å². The summed E-state index contributed by atoms with van der Waals surface area (Å²) in [6, 6.07) is 0. The maximum Gasteiger partial charge on any atom is 0.0113 e. The van der Waals surface area contributed by atoms with E-state index in [0.29, 0.717) is 0 Å². The lowest BCUT2D eigenvalue weighted by molar-refractivity contribution is 0.907. The molecule has 1 heteroatoms. The van der Waals surface area contributed by atoms with Crippen LogP contribution in [0.15, 0.2) is 12.7 Å². The molecule has 9 heavy (non-hydrogen) atoms. The van der Waals surface area contributed by atoms with E-state index >= 15 is 0 Å². The highest BCUT2D eigenvalue weighted by Crippen LogP contribution is 2.28. The standard InChI is InChI=1S/C8H13S/c1-2-7-9-8-5-3-4-6-8/h2-3,8H,1,4-7H2. The summed E-state index contributed by atoms with van der Waals surface area (Å²) in [6.07, 6.45) is 8.41. The third kappa shape index (κ3) is 2.44. The van der Waals surface area contributed by atoms with Gasteiger partial charge in [0.25, 0.3) is 0 Å². The maximum absolute atomic E-state index is 3.69. The molecular weight excluding hydrogens is 128 g/mol. The first-order valence-corrected chi connectivity index (χ1v) is 4.52. The fourth-order valence-corrected chi connectivity index (χ4v) is 2.06. The van der Waals surface area contributed by atoms with Crippen LogP contribution in [-0.2, 0) is 0 Å². The van der Waals surface area contributed by atoms with Crippen molar-refractivity contribution in [3.63, 3.8) is 0 Å². The molecular formula is C8H13S. The van der Waals surface area contributed by atoms with Crippen molar-refractivity contribution in [1.82, 2.24) is 0 Å². The summed E-state index contributed by atoms with van der Waals surface area (Å²) in [5, 5.41) is 0.906. The molecule has 0 N–H and O–H groups in total. The zero-order valence-electron chi connectivity index (χ0n) is 5.68. The van der Waals surface area contributed by atoms with Gasteiger partial charge in [0.1, 0.15) is 0 Å². The third-order valence-corrected chi connectivity index (χ3v) is 2.90. The lowest BCUT2D eigenvalue weighted by Gasteiger charge is -2.03. The van der Waals surface area contributed by atoms with E-state index in [1.807, 2.05) is 17.8 Å². The zero-order chi connectivity index (χ0) is 6.53. The van der Waals surface area contributed by atoms with Crippen LogP contribution in [0.1, 0.15) is 19.3 Å². The van der Waals surface area contributed by atoms with Crippen LogP contribution >= 0.6 is 11.8 Å². The van der Waals surface area contributed by atoms with E-state index in [0.717, 1.165) is 11.0 Å². The molecule has 0 bridgehead atoms. The normalized spacial score (nSPS) is 20.4. The maximum atomic E-state index is 3.69. The summed E-state index contributed by atoms with van der Waals surface area (Å²) in [5.41, 5.74) is 0. The molecule has 1 unspecified atom stereocenters. The molecule has 0 aromatic carbocycles. The molecule has 0 aromatic heterocycles. The van der Waals surface area contributed by atoms with Gasteiger partial charge < -0.3 is 0 Å². The molecule has 0 heterocycles. The SMILES string of the molecule is C=CCSC1C[CH]CC1. The van der Waals surface area contributed by atoms with E-state index in [-0.39, 0.29) is 0 Å². The Bertz CT molecular complexity index is 82.6. The smallest absolute Gasteiger partial charge is 0.0113 e. The molecule has 1 atom stereocenters. The third-order valence-electron chi connectivity index (χ3n) is 1.57. The van der Waals surface area contributed by atoms with Crippen LogP contribution < -0.4 is 0 Å². The summed E-state index contributed by atoms with van der Waals surface area (Å²) in [4.78, 5) is 0. The van der Waals surface area contributed by atoms with Crippen LogP contribution in [0, 0.1) is 6.42 Å². The molecule has 1 aliphatic carbocycles. The van der Waals surface area contributed by atoms with Crippen LogP contribution in [0.25, 0.3) is 0 Å². The second-order valence-electron chi connectivity index (χ2n) is 2.35. The van der Waals surface area contributed by atoms with E-state index in [1.54, 1.807) is 0 Å². The summed E-state index contributed by atoms with van der Waals surface area (Å²) in [7, 11) is 0. The van der Waals surface area contributed by atoms with Crippen LogP contribution in [0.2, 0.25) is 0 Å². The predicted molar refractivity (Wildman–Crippen MR) is 44.6 cm³/mol. The molecule has 0 spiro atoms. The Hall–Kier alpha value is 0.0900. The molecule has 1 radical (unpaired) electrons. The Labute approximate surface area is 61.7 Å². The Balaban J connectivity index is 2.04. The second kappa shape index (κ2) is 3.99. The Morgan fingerprint density at radius 2 is 2.67 bits per heavy atom. The van der Waals surface area contributed by atoms with E-state index < -0.39 is 0 Å². The minimum Gasteiger partial charge on any atom is -0.154 e. The Kier molecular flexibility index (Phi) is 3.20. The largest absolute Gasteiger partial charge is 0.154 e. The lowest BCUT2D eigenvalue weighted by Crippen LogP contribution is -1.93. The summed E-state index contributed by atoms with van der Waals surface area (Å²) < 4.78 is 0. The van der Waals surface area contributed by atoms with E-state index in [9.17, 15) is 0 Å².